The van der Waals surface area contributed by atoms with Crippen LogP contribution in [-0.4, -0.2) is 38.7 Å². The molecule has 1 saturated heterocycles. The summed E-state index contributed by atoms with van der Waals surface area (Å²) >= 11 is 0. The van der Waals surface area contributed by atoms with Crippen molar-refractivity contribution in [3.05, 3.63) is 57.6 Å². The zero-order valence-corrected chi connectivity index (χ0v) is 22.0. The Morgan fingerprint density at radius 1 is 1.21 bits per heavy atom. The van der Waals surface area contributed by atoms with Crippen molar-refractivity contribution in [2.75, 3.05) is 23.4 Å². The number of benzene rings is 1. The predicted octanol–water partition coefficient (Wildman–Crippen LogP) is 5.21. The van der Waals surface area contributed by atoms with E-state index < -0.39 is 39.4 Å². The van der Waals surface area contributed by atoms with E-state index in [1.807, 2.05) is 0 Å². The van der Waals surface area contributed by atoms with Crippen LogP contribution in [0, 0.1) is 4.78 Å². The van der Waals surface area contributed by atoms with Crippen LogP contribution in [0.2, 0.25) is 0 Å². The summed E-state index contributed by atoms with van der Waals surface area (Å²) in [6, 6.07) is 5.91. The molecule has 2 fully saturated rings. The van der Waals surface area contributed by atoms with E-state index in [0.29, 0.717) is 33.9 Å². The highest BCUT2D eigenvalue weighted by molar-refractivity contribution is 7.94. The minimum atomic E-state index is -3.06. The number of aromatic nitrogens is 3. The molecule has 0 radical (unpaired) electrons. The second kappa shape index (κ2) is 8.69. The van der Waals surface area contributed by atoms with Crippen molar-refractivity contribution >= 4 is 26.5 Å². The standard InChI is InChI=1S/C26H29F3N6O2S/c1-15(17-4-3-5-19-21(17)37-13-26(19,28)29)33-22-18-12-20(24(36)35(2)23(18)32-14-31-22)25(27)8-10-38(30,11-9-25)34-16-6-7-16/h3-5,12,14-16,30H,6-11,13H2,1-2H3,(H,31,32,33)/t15-,25?,38?/m1/s1. The third-order valence-electron chi connectivity index (χ3n) is 7.71. The Hall–Kier alpha value is -3.15. The summed E-state index contributed by atoms with van der Waals surface area (Å²) in [6.45, 7) is 1.09. The number of hydrogen-bond donors (Lipinski definition) is 2. The van der Waals surface area contributed by atoms with Gasteiger partial charge in [0.25, 0.3) is 5.56 Å². The molecule has 3 aromatic rings. The summed E-state index contributed by atoms with van der Waals surface area (Å²) < 4.78 is 64.8. The first-order chi connectivity index (χ1) is 18.0. The average Bonchev–Trinajstić information content (AvgIpc) is 3.64. The summed E-state index contributed by atoms with van der Waals surface area (Å²) in [4.78, 5) is 21.9. The van der Waals surface area contributed by atoms with E-state index >= 15 is 4.39 Å². The van der Waals surface area contributed by atoms with Crippen molar-refractivity contribution in [3.8, 4) is 5.75 Å². The lowest BCUT2D eigenvalue weighted by Gasteiger charge is -2.33. The van der Waals surface area contributed by atoms with E-state index in [4.69, 9.17) is 9.52 Å². The fourth-order valence-electron chi connectivity index (χ4n) is 5.30. The molecule has 2 N–H and O–H groups in total. The van der Waals surface area contributed by atoms with E-state index in [9.17, 15) is 13.6 Å². The number of rotatable bonds is 5. The van der Waals surface area contributed by atoms with Crippen LogP contribution in [0.5, 0.6) is 5.75 Å². The molecule has 1 aliphatic carbocycles. The van der Waals surface area contributed by atoms with Crippen LogP contribution in [0.3, 0.4) is 0 Å². The molecule has 2 aliphatic heterocycles. The number of alkyl halides is 3. The number of fused-ring (bicyclic) bond motifs is 2. The first-order valence-electron chi connectivity index (χ1n) is 12.7. The lowest BCUT2D eigenvalue weighted by atomic mass is 9.90. The van der Waals surface area contributed by atoms with E-state index in [2.05, 4.69) is 19.6 Å². The van der Waals surface area contributed by atoms with Crippen molar-refractivity contribution in [2.24, 2.45) is 11.4 Å². The SMILES string of the molecule is C[C@@H](Nc1ncnc2c1cc(C1(F)CCS(=N)(=NC3CC3)CC1)c(=O)n2C)c1cccc2c1OCC2(F)F. The minimum absolute atomic E-state index is 0.0226. The molecule has 0 amide bonds. The van der Waals surface area contributed by atoms with Crippen molar-refractivity contribution < 1.29 is 17.9 Å². The van der Waals surface area contributed by atoms with Gasteiger partial charge in [0.05, 0.1) is 28.6 Å². The second-order valence-electron chi connectivity index (χ2n) is 10.5. The van der Waals surface area contributed by atoms with Crippen molar-refractivity contribution in [2.45, 2.75) is 56.3 Å². The number of para-hydroxylation sites is 1. The maximum Gasteiger partial charge on any atom is 0.310 e. The summed E-state index contributed by atoms with van der Waals surface area (Å²) in [5.74, 6) is -1.90. The summed E-state index contributed by atoms with van der Waals surface area (Å²) in [6.07, 6.45) is 3.45. The van der Waals surface area contributed by atoms with Crippen LogP contribution < -0.4 is 15.6 Å². The van der Waals surface area contributed by atoms with Crippen LogP contribution in [0.1, 0.15) is 55.3 Å². The zero-order valence-electron chi connectivity index (χ0n) is 21.1. The third-order valence-corrected chi connectivity index (χ3v) is 10.2. The fraction of sp³-hybridized carbons (Fsp3) is 0.500. The maximum atomic E-state index is 16.4. The van der Waals surface area contributed by atoms with Gasteiger partial charge in [-0.3, -0.25) is 18.5 Å². The van der Waals surface area contributed by atoms with Crippen LogP contribution >= 0.6 is 0 Å². The summed E-state index contributed by atoms with van der Waals surface area (Å²) in [7, 11) is -0.421. The summed E-state index contributed by atoms with van der Waals surface area (Å²) in [5.41, 5.74) is -1.61. The van der Waals surface area contributed by atoms with Gasteiger partial charge in [0.1, 0.15) is 29.2 Å². The lowest BCUT2D eigenvalue weighted by molar-refractivity contribution is -0.0214. The molecule has 8 nitrogen and oxygen atoms in total. The van der Waals surface area contributed by atoms with Gasteiger partial charge in [-0.25, -0.2) is 14.4 Å². The van der Waals surface area contributed by atoms with E-state index in [-0.39, 0.29) is 35.8 Å². The highest BCUT2D eigenvalue weighted by Gasteiger charge is 2.43. The van der Waals surface area contributed by atoms with Gasteiger partial charge in [-0.2, -0.15) is 8.78 Å². The largest absolute Gasteiger partial charge is 0.486 e. The Labute approximate surface area is 218 Å². The van der Waals surface area contributed by atoms with Gasteiger partial charge in [-0.1, -0.05) is 21.8 Å². The molecule has 1 aromatic carbocycles. The van der Waals surface area contributed by atoms with E-state index in [1.54, 1.807) is 26.1 Å². The van der Waals surface area contributed by atoms with E-state index in [0.717, 1.165) is 12.8 Å². The fourth-order valence-corrected chi connectivity index (χ4v) is 7.82. The average molecular weight is 547 g/mol. The molecule has 6 rings (SSSR count). The van der Waals surface area contributed by atoms with Crippen molar-refractivity contribution in [1.29, 1.82) is 4.78 Å². The van der Waals surface area contributed by atoms with E-state index in [1.165, 1.54) is 23.0 Å². The number of pyridine rings is 1. The topological polar surface area (TPSA) is 105 Å². The highest BCUT2D eigenvalue weighted by Crippen LogP contribution is 2.45. The number of aryl methyl sites for hydroxylation is 1. The zero-order chi connectivity index (χ0) is 26.9. The number of nitrogens with one attached hydrogen (secondary N) is 2. The maximum absolute atomic E-state index is 16.4. The molecule has 3 aliphatic rings. The highest BCUT2D eigenvalue weighted by atomic mass is 32.2. The van der Waals surface area contributed by atoms with Crippen molar-refractivity contribution in [3.63, 3.8) is 0 Å². The van der Waals surface area contributed by atoms with Gasteiger partial charge in [0, 0.05) is 24.1 Å². The lowest BCUT2D eigenvalue weighted by Crippen LogP contribution is -2.39. The Balaban J connectivity index is 1.36. The second-order valence-corrected chi connectivity index (χ2v) is 13.2. The normalized spacial score (nSPS) is 27.0. The molecule has 12 heteroatoms. The first-order valence-corrected chi connectivity index (χ1v) is 14.6. The van der Waals surface area contributed by atoms with Gasteiger partial charge >= 0.3 is 5.92 Å². The molecule has 4 heterocycles. The molecule has 0 bridgehead atoms. The minimum Gasteiger partial charge on any atom is -0.486 e. The molecule has 2 aromatic heterocycles. The molecule has 202 valence electrons. The van der Waals surface area contributed by atoms with Gasteiger partial charge in [0.2, 0.25) is 0 Å². The summed E-state index contributed by atoms with van der Waals surface area (Å²) in [5, 5.41) is 3.68. The van der Waals surface area contributed by atoms with Crippen LogP contribution in [0.15, 0.2) is 39.8 Å². The smallest absolute Gasteiger partial charge is 0.310 e. The number of nitrogens with zero attached hydrogens (tertiary/aromatic N) is 4. The monoisotopic (exact) mass is 546 g/mol. The predicted molar refractivity (Wildman–Crippen MR) is 140 cm³/mol. The van der Waals surface area contributed by atoms with Crippen LogP contribution in [0.4, 0.5) is 19.0 Å². The molecule has 1 atom stereocenters. The molecule has 0 spiro atoms. The van der Waals surface area contributed by atoms with Crippen LogP contribution in [-0.2, 0) is 28.3 Å². The molecular formula is C26H29F3N6O2S. The number of anilines is 1. The van der Waals surface area contributed by atoms with Crippen molar-refractivity contribution in [1.82, 2.24) is 14.5 Å². The molecule has 1 saturated carbocycles. The number of ether oxygens (including phenoxy) is 1. The van der Waals surface area contributed by atoms with Gasteiger partial charge < -0.3 is 10.1 Å². The Bertz CT molecular complexity index is 1610. The third kappa shape index (κ3) is 4.22. The molecular weight excluding hydrogens is 517 g/mol. The number of halogens is 3. The molecule has 0 unspecified atom stereocenters. The number of hydrogen-bond acceptors (Lipinski definition) is 7. The first kappa shape index (κ1) is 25.1. The Kier molecular flexibility index (Phi) is 5.75. The Morgan fingerprint density at radius 2 is 1.95 bits per heavy atom. The van der Waals surface area contributed by atoms with Gasteiger partial charge in [-0.15, -0.1) is 0 Å². The van der Waals surface area contributed by atoms with Gasteiger partial charge in [-0.05, 0) is 44.7 Å². The van der Waals surface area contributed by atoms with Crippen LogP contribution in [0.25, 0.3) is 11.0 Å². The quantitative estimate of drug-likeness (QED) is 0.457. The van der Waals surface area contributed by atoms with Gasteiger partial charge in [0.15, 0.2) is 6.61 Å². The molecule has 38 heavy (non-hydrogen) atoms. The Morgan fingerprint density at radius 3 is 2.66 bits per heavy atom.